The van der Waals surface area contributed by atoms with Crippen molar-refractivity contribution in [1.82, 2.24) is 5.32 Å². The molecular weight excluding hydrogens is 291 g/mol. The summed E-state index contributed by atoms with van der Waals surface area (Å²) >= 11 is 5.53. The molecule has 0 aliphatic heterocycles. The number of hydrogen-bond acceptors (Lipinski definition) is 3. The van der Waals surface area contributed by atoms with Crippen molar-refractivity contribution >= 4 is 29.4 Å². The Bertz CT molecular complexity index is 550. The molecule has 6 nitrogen and oxygen atoms in total. The predicted molar refractivity (Wildman–Crippen MR) is 68.7 cm³/mol. The number of carboxylic acid groups (broad SMARTS) is 1. The lowest BCUT2D eigenvalue weighted by atomic mass is 10.1. The molecule has 0 aliphatic rings. The molecule has 108 valence electrons. The minimum absolute atomic E-state index is 0.0155. The molecule has 8 heteroatoms. The average molecular weight is 303 g/mol. The molecule has 0 bridgehead atoms. The van der Waals surface area contributed by atoms with E-state index in [2.05, 4.69) is 5.32 Å². The zero-order chi connectivity index (χ0) is 15.3. The summed E-state index contributed by atoms with van der Waals surface area (Å²) in [7, 11) is 0. The Hall–Kier alpha value is -2.15. The molecule has 0 aliphatic carbocycles. The summed E-state index contributed by atoms with van der Waals surface area (Å²) in [4.78, 5) is 33.4. The van der Waals surface area contributed by atoms with Gasteiger partial charge in [-0.2, -0.15) is 0 Å². The molecule has 20 heavy (non-hydrogen) atoms. The molecule has 1 rings (SSSR count). The number of halogens is 2. The second kappa shape index (κ2) is 6.85. The smallest absolute Gasteiger partial charge is 0.326 e. The highest BCUT2D eigenvalue weighted by Gasteiger charge is 2.21. The lowest BCUT2D eigenvalue weighted by molar-refractivity contribution is -0.139. The molecule has 0 radical (unpaired) electrons. The number of benzene rings is 1. The fourth-order valence-corrected chi connectivity index (χ4v) is 1.60. The minimum atomic E-state index is -1.30. The number of carbonyl (C=O) groups is 3. The fourth-order valence-electron chi connectivity index (χ4n) is 1.42. The third kappa shape index (κ3) is 4.51. The fraction of sp³-hybridized carbons (Fsp3) is 0.250. The number of primary amides is 1. The molecule has 0 aromatic heterocycles. The summed E-state index contributed by atoms with van der Waals surface area (Å²) in [6.07, 6.45) is -0.313. The van der Waals surface area contributed by atoms with Gasteiger partial charge in [-0.25, -0.2) is 9.18 Å². The van der Waals surface area contributed by atoms with Gasteiger partial charge in [0.05, 0.1) is 5.02 Å². The van der Waals surface area contributed by atoms with Crippen molar-refractivity contribution < 1.29 is 23.9 Å². The van der Waals surface area contributed by atoms with Gasteiger partial charge in [-0.05, 0) is 24.6 Å². The Morgan fingerprint density at radius 1 is 1.40 bits per heavy atom. The summed E-state index contributed by atoms with van der Waals surface area (Å²) < 4.78 is 13.0. The topological polar surface area (TPSA) is 109 Å². The molecular formula is C12H12ClFN2O4. The van der Waals surface area contributed by atoms with Gasteiger partial charge in [0.1, 0.15) is 11.9 Å². The lowest BCUT2D eigenvalue weighted by Gasteiger charge is -2.13. The predicted octanol–water partition coefficient (Wildman–Crippen LogP) is 0.928. The number of amides is 2. The highest BCUT2D eigenvalue weighted by atomic mass is 35.5. The molecule has 1 atom stereocenters. The van der Waals surface area contributed by atoms with Crippen LogP contribution in [0, 0.1) is 5.82 Å². The van der Waals surface area contributed by atoms with E-state index < -0.39 is 29.6 Å². The van der Waals surface area contributed by atoms with Crippen molar-refractivity contribution in [3.63, 3.8) is 0 Å². The first kappa shape index (κ1) is 15.9. The maximum absolute atomic E-state index is 13.0. The molecule has 0 unspecified atom stereocenters. The van der Waals surface area contributed by atoms with Crippen LogP contribution in [0.15, 0.2) is 18.2 Å². The second-order valence-electron chi connectivity index (χ2n) is 4.00. The Morgan fingerprint density at radius 2 is 2.05 bits per heavy atom. The van der Waals surface area contributed by atoms with Gasteiger partial charge in [0.15, 0.2) is 0 Å². The Labute approximate surface area is 118 Å². The zero-order valence-electron chi connectivity index (χ0n) is 10.2. The van der Waals surface area contributed by atoms with Crippen molar-refractivity contribution in [2.75, 3.05) is 0 Å². The van der Waals surface area contributed by atoms with Crippen molar-refractivity contribution in [1.29, 1.82) is 0 Å². The normalized spacial score (nSPS) is 11.7. The van der Waals surface area contributed by atoms with Crippen LogP contribution < -0.4 is 11.1 Å². The van der Waals surface area contributed by atoms with Crippen LogP contribution in [0.5, 0.6) is 0 Å². The van der Waals surface area contributed by atoms with E-state index in [4.69, 9.17) is 22.4 Å². The zero-order valence-corrected chi connectivity index (χ0v) is 11.0. The van der Waals surface area contributed by atoms with E-state index in [1.54, 1.807) is 0 Å². The van der Waals surface area contributed by atoms with E-state index in [1.807, 2.05) is 0 Å². The maximum atomic E-state index is 13.0. The van der Waals surface area contributed by atoms with Gasteiger partial charge in [-0.1, -0.05) is 11.6 Å². The Balaban J connectivity index is 2.77. The van der Waals surface area contributed by atoms with Gasteiger partial charge >= 0.3 is 5.97 Å². The molecule has 1 aromatic carbocycles. The Kier molecular flexibility index (Phi) is 5.45. The number of nitrogens with one attached hydrogen (secondary N) is 1. The largest absolute Gasteiger partial charge is 0.480 e. The summed E-state index contributed by atoms with van der Waals surface area (Å²) in [6, 6.07) is 1.98. The number of carboxylic acids is 1. The van der Waals surface area contributed by atoms with Gasteiger partial charge in [0.2, 0.25) is 5.91 Å². The van der Waals surface area contributed by atoms with Gasteiger partial charge in [0.25, 0.3) is 5.91 Å². The van der Waals surface area contributed by atoms with E-state index in [0.717, 1.165) is 12.1 Å². The Morgan fingerprint density at radius 3 is 2.55 bits per heavy atom. The van der Waals surface area contributed by atoms with E-state index in [-0.39, 0.29) is 23.4 Å². The van der Waals surface area contributed by atoms with Crippen LogP contribution in [-0.4, -0.2) is 28.9 Å². The first-order valence-corrected chi connectivity index (χ1v) is 5.96. The number of hydrogen-bond donors (Lipinski definition) is 3. The number of nitrogens with two attached hydrogens (primary N) is 1. The van der Waals surface area contributed by atoms with E-state index in [0.29, 0.717) is 0 Å². The van der Waals surface area contributed by atoms with Crippen LogP contribution in [0.1, 0.15) is 23.2 Å². The maximum Gasteiger partial charge on any atom is 0.326 e. The SMILES string of the molecule is NC(=O)CC[C@@H](NC(=O)c1ccc(F)c(Cl)c1)C(=O)O. The molecule has 0 saturated heterocycles. The third-order valence-corrected chi connectivity index (χ3v) is 2.75. The quantitative estimate of drug-likeness (QED) is 0.726. The van der Waals surface area contributed by atoms with Crippen LogP contribution in [-0.2, 0) is 9.59 Å². The molecule has 4 N–H and O–H groups in total. The molecule has 2 amide bonds. The minimum Gasteiger partial charge on any atom is -0.480 e. The molecule has 0 heterocycles. The van der Waals surface area contributed by atoms with Gasteiger partial charge in [-0.15, -0.1) is 0 Å². The lowest BCUT2D eigenvalue weighted by Crippen LogP contribution is -2.41. The monoisotopic (exact) mass is 302 g/mol. The molecule has 0 saturated carbocycles. The highest BCUT2D eigenvalue weighted by molar-refractivity contribution is 6.31. The van der Waals surface area contributed by atoms with Crippen LogP contribution in [0.25, 0.3) is 0 Å². The van der Waals surface area contributed by atoms with Crippen molar-refractivity contribution in [3.05, 3.63) is 34.6 Å². The van der Waals surface area contributed by atoms with Crippen LogP contribution >= 0.6 is 11.6 Å². The second-order valence-corrected chi connectivity index (χ2v) is 4.41. The van der Waals surface area contributed by atoms with E-state index in [9.17, 15) is 18.8 Å². The summed E-state index contributed by atoms with van der Waals surface area (Å²) in [5.74, 6) is -3.39. The first-order valence-electron chi connectivity index (χ1n) is 5.58. The van der Waals surface area contributed by atoms with Crippen molar-refractivity contribution in [3.8, 4) is 0 Å². The average Bonchev–Trinajstić information content (AvgIpc) is 2.36. The van der Waals surface area contributed by atoms with Crippen LogP contribution in [0.4, 0.5) is 4.39 Å². The van der Waals surface area contributed by atoms with E-state index in [1.165, 1.54) is 6.07 Å². The van der Waals surface area contributed by atoms with Crippen LogP contribution in [0.3, 0.4) is 0 Å². The summed E-state index contributed by atoms with van der Waals surface area (Å²) in [6.45, 7) is 0. The van der Waals surface area contributed by atoms with Crippen molar-refractivity contribution in [2.24, 2.45) is 5.73 Å². The van der Waals surface area contributed by atoms with Crippen LogP contribution in [0.2, 0.25) is 5.02 Å². The molecule has 0 fully saturated rings. The van der Waals surface area contributed by atoms with E-state index >= 15 is 0 Å². The van der Waals surface area contributed by atoms with Gasteiger partial charge in [-0.3, -0.25) is 9.59 Å². The first-order chi connectivity index (χ1) is 9.31. The third-order valence-electron chi connectivity index (χ3n) is 2.46. The number of aliphatic carboxylic acids is 1. The van der Waals surface area contributed by atoms with Gasteiger partial charge in [0, 0.05) is 12.0 Å². The summed E-state index contributed by atoms with van der Waals surface area (Å²) in [5.41, 5.74) is 4.93. The molecule has 1 aromatic rings. The van der Waals surface area contributed by atoms with Gasteiger partial charge < -0.3 is 16.2 Å². The highest BCUT2D eigenvalue weighted by Crippen LogP contribution is 2.16. The number of rotatable bonds is 6. The standard InChI is InChI=1S/C12H12ClFN2O4/c13-7-5-6(1-2-8(7)14)11(18)16-9(12(19)20)3-4-10(15)17/h1-2,5,9H,3-4H2,(H2,15,17)(H,16,18)(H,19,20)/t9-/m1/s1. The molecule has 0 spiro atoms. The number of carbonyl (C=O) groups excluding carboxylic acids is 2. The summed E-state index contributed by atoms with van der Waals surface area (Å²) in [5, 5.41) is 10.9. The van der Waals surface area contributed by atoms with Crippen molar-refractivity contribution in [2.45, 2.75) is 18.9 Å².